The first-order valence-corrected chi connectivity index (χ1v) is 15.9. The highest BCUT2D eigenvalue weighted by Gasteiger charge is 2.35. The van der Waals surface area contributed by atoms with Crippen LogP contribution in [0.2, 0.25) is 0 Å². The molecule has 2 aliphatic heterocycles. The number of nitrogens with zero attached hydrogens (tertiary/aromatic N) is 4. The summed E-state index contributed by atoms with van der Waals surface area (Å²) in [6.07, 6.45) is 2.80. The summed E-state index contributed by atoms with van der Waals surface area (Å²) in [5, 5.41) is 24.5. The monoisotopic (exact) mass is 627 g/mol. The maximum Gasteiger partial charge on any atom is 0.408 e. The molecule has 2 heterocycles. The van der Waals surface area contributed by atoms with Crippen LogP contribution < -0.4 is 15.4 Å². The summed E-state index contributed by atoms with van der Waals surface area (Å²) < 4.78 is 26.4. The van der Waals surface area contributed by atoms with Gasteiger partial charge in [-0.05, 0) is 82.3 Å². The molecule has 2 saturated heterocycles. The number of ether oxygens (including phenoxy) is 2. The molecule has 3 atom stereocenters. The number of likely N-dealkylation sites (tertiary alicyclic amines) is 2. The molecule has 3 rings (SSSR count). The highest BCUT2D eigenvalue weighted by molar-refractivity contribution is 6.00. The number of piperidine rings is 1. The van der Waals surface area contributed by atoms with Gasteiger partial charge in [-0.15, -0.1) is 0 Å². The molecule has 248 valence electrons. The van der Waals surface area contributed by atoms with Crippen molar-refractivity contribution < 1.29 is 28.2 Å². The average molecular weight is 628 g/mol. The lowest BCUT2D eigenvalue weighted by atomic mass is 9.84. The molecule has 45 heavy (non-hydrogen) atoms. The van der Waals surface area contributed by atoms with E-state index in [-0.39, 0.29) is 29.8 Å². The summed E-state index contributed by atoms with van der Waals surface area (Å²) in [6.45, 7) is 12.9. The van der Waals surface area contributed by atoms with E-state index in [1.165, 1.54) is 11.0 Å². The molecule has 0 aromatic heterocycles. The van der Waals surface area contributed by atoms with Gasteiger partial charge in [0.25, 0.3) is 0 Å². The van der Waals surface area contributed by atoms with E-state index in [0.717, 1.165) is 19.3 Å². The highest BCUT2D eigenvalue weighted by Crippen LogP contribution is 2.28. The third-order valence-corrected chi connectivity index (χ3v) is 8.38. The van der Waals surface area contributed by atoms with Gasteiger partial charge in [0, 0.05) is 32.1 Å². The van der Waals surface area contributed by atoms with E-state index < -0.39 is 35.5 Å². The fraction of sp³-hybridized carbons (Fsp3) is 0.667. The Hall–Kier alpha value is -3.88. The van der Waals surface area contributed by atoms with Gasteiger partial charge >= 0.3 is 6.09 Å². The van der Waals surface area contributed by atoms with Crippen LogP contribution in [-0.2, 0) is 16.0 Å². The summed E-state index contributed by atoms with van der Waals surface area (Å²) in [5.74, 6) is -0.0596. The van der Waals surface area contributed by atoms with E-state index in [1.54, 1.807) is 51.7 Å². The number of hydrogen-bond acceptors (Lipinski definition) is 6. The molecular weight excluding hydrogens is 579 g/mol. The standard InChI is InChI=1S/C33H48FN6O5/c1-21(2)29(36)38-31(42)39-15-11-23(12-16-39)22(3)13-17-44-26-10-9-24(27(34)19-26)18-28(37-32(43)45-33(4,5)6)30(41)40-14-7-8-25(40)20-35/h9-10,19,21-23,25,28H,7-8,11-18H2,1-6H3,(H2-,36,37,38,42,43)/q-1/t22-,25+,28+/m1/s1. The second kappa shape index (κ2) is 15.9. The van der Waals surface area contributed by atoms with Crippen LogP contribution in [0.5, 0.6) is 5.75 Å². The summed E-state index contributed by atoms with van der Waals surface area (Å²) >= 11 is 0. The number of amides is 4. The maximum absolute atomic E-state index is 15.2. The fourth-order valence-corrected chi connectivity index (χ4v) is 5.62. The van der Waals surface area contributed by atoms with E-state index >= 15 is 4.39 Å². The smallest absolute Gasteiger partial charge is 0.408 e. The van der Waals surface area contributed by atoms with Crippen molar-refractivity contribution in [3.05, 3.63) is 35.0 Å². The molecule has 4 amide bonds. The Morgan fingerprint density at radius 3 is 2.42 bits per heavy atom. The predicted molar refractivity (Wildman–Crippen MR) is 169 cm³/mol. The second-order valence-corrected chi connectivity index (χ2v) is 13.4. The first-order valence-electron chi connectivity index (χ1n) is 15.9. The maximum atomic E-state index is 15.2. The van der Waals surface area contributed by atoms with Crippen molar-refractivity contribution in [3.63, 3.8) is 0 Å². The van der Waals surface area contributed by atoms with Gasteiger partial charge in [-0.1, -0.05) is 32.7 Å². The van der Waals surface area contributed by atoms with Crippen molar-refractivity contribution in [3.8, 4) is 11.8 Å². The van der Waals surface area contributed by atoms with Crippen LogP contribution >= 0.6 is 0 Å². The zero-order chi connectivity index (χ0) is 33.3. The number of nitrogens with one attached hydrogen (secondary N) is 2. The lowest BCUT2D eigenvalue weighted by Gasteiger charge is -2.37. The molecule has 2 N–H and O–H groups in total. The van der Waals surface area contributed by atoms with E-state index in [1.807, 2.05) is 0 Å². The van der Waals surface area contributed by atoms with Crippen LogP contribution in [0.25, 0.3) is 5.41 Å². The molecule has 0 spiro atoms. The van der Waals surface area contributed by atoms with Gasteiger partial charge in [0.1, 0.15) is 29.3 Å². The zero-order valence-electron chi connectivity index (χ0n) is 27.4. The van der Waals surface area contributed by atoms with Crippen LogP contribution in [0.3, 0.4) is 0 Å². The zero-order valence-corrected chi connectivity index (χ0v) is 27.4. The molecular formula is C33H48FN6O5-. The number of nitriles is 1. The SMILES string of the molecule is CC(C)C(=[N-])NC(=O)N1CCC([C@H](C)CCOc2ccc(C[C@H](NC(=O)OC(C)(C)C)C(=O)N3CCC[C@H]3C#N)c(F)c2)CC1. The normalized spacial score (nSPS) is 18.6. The first kappa shape index (κ1) is 35.6. The van der Waals surface area contributed by atoms with E-state index in [0.29, 0.717) is 56.7 Å². The Balaban J connectivity index is 1.54. The summed E-state index contributed by atoms with van der Waals surface area (Å²) in [7, 11) is 0. The minimum Gasteiger partial charge on any atom is -0.493 e. The molecule has 0 saturated carbocycles. The van der Waals surface area contributed by atoms with Crippen molar-refractivity contribution in [2.45, 2.75) is 97.8 Å². The first-order chi connectivity index (χ1) is 21.2. The molecule has 11 nitrogen and oxygen atoms in total. The molecule has 0 unspecified atom stereocenters. The van der Waals surface area contributed by atoms with Gasteiger partial charge in [0.2, 0.25) is 11.9 Å². The molecule has 2 fully saturated rings. The number of alkyl carbamates (subject to hydrolysis) is 1. The Bertz CT molecular complexity index is 1250. The van der Waals surface area contributed by atoms with E-state index in [4.69, 9.17) is 9.47 Å². The van der Waals surface area contributed by atoms with Crippen molar-refractivity contribution in [1.82, 2.24) is 20.4 Å². The van der Waals surface area contributed by atoms with Gasteiger partial charge in [0.05, 0.1) is 12.7 Å². The molecule has 2 aliphatic rings. The number of benzene rings is 1. The van der Waals surface area contributed by atoms with Gasteiger partial charge in [-0.2, -0.15) is 5.26 Å². The minimum atomic E-state index is -1.10. The Morgan fingerprint density at radius 1 is 1.13 bits per heavy atom. The van der Waals surface area contributed by atoms with E-state index in [9.17, 15) is 25.1 Å². The van der Waals surface area contributed by atoms with Crippen molar-refractivity contribution in [1.29, 1.82) is 5.26 Å². The summed E-state index contributed by atoms with van der Waals surface area (Å²) in [6, 6.07) is 4.64. The van der Waals surface area contributed by atoms with Crippen molar-refractivity contribution in [2.24, 2.45) is 17.8 Å². The van der Waals surface area contributed by atoms with E-state index in [2.05, 4.69) is 23.6 Å². The van der Waals surface area contributed by atoms with Gasteiger partial charge in [-0.3, -0.25) is 9.59 Å². The lowest BCUT2D eigenvalue weighted by molar-refractivity contribution is -0.133. The molecule has 0 radical (unpaired) electrons. The Labute approximate surface area is 266 Å². The van der Waals surface area contributed by atoms with Gasteiger partial charge < -0.3 is 35.3 Å². The molecule has 0 bridgehead atoms. The Kier molecular flexibility index (Phi) is 12.6. The van der Waals surface area contributed by atoms with Gasteiger partial charge in [0.15, 0.2) is 0 Å². The quantitative estimate of drug-likeness (QED) is 0.268. The average Bonchev–Trinajstić information content (AvgIpc) is 3.45. The summed E-state index contributed by atoms with van der Waals surface area (Å²) in [4.78, 5) is 41.5. The van der Waals surface area contributed by atoms with Crippen molar-refractivity contribution >= 4 is 23.9 Å². The highest BCUT2D eigenvalue weighted by atomic mass is 19.1. The van der Waals surface area contributed by atoms with Crippen LogP contribution in [-0.4, -0.2) is 77.6 Å². The van der Waals surface area contributed by atoms with Crippen LogP contribution in [0.4, 0.5) is 14.0 Å². The summed E-state index contributed by atoms with van der Waals surface area (Å²) in [5.41, 5.74) is -0.555. The number of halogens is 1. The molecule has 0 aliphatic carbocycles. The fourth-order valence-electron chi connectivity index (χ4n) is 5.62. The third-order valence-electron chi connectivity index (χ3n) is 8.38. The molecule has 1 aromatic rings. The third kappa shape index (κ3) is 10.6. The van der Waals surface area contributed by atoms with Crippen LogP contribution in [0.15, 0.2) is 18.2 Å². The Morgan fingerprint density at radius 2 is 1.82 bits per heavy atom. The minimum absolute atomic E-state index is 0.0290. The van der Waals surface area contributed by atoms with Crippen LogP contribution in [0, 0.1) is 34.9 Å². The number of amidine groups is 1. The number of hydrogen-bond donors (Lipinski definition) is 2. The van der Waals surface area contributed by atoms with Crippen LogP contribution in [0.1, 0.15) is 79.2 Å². The number of rotatable bonds is 10. The number of urea groups is 1. The topological polar surface area (TPSA) is 146 Å². The molecule has 1 aromatic carbocycles. The second-order valence-electron chi connectivity index (χ2n) is 13.4. The largest absolute Gasteiger partial charge is 0.493 e. The lowest BCUT2D eigenvalue weighted by Crippen LogP contribution is -2.51. The van der Waals surface area contributed by atoms with Gasteiger partial charge in [-0.25, -0.2) is 9.18 Å². The number of carbonyl (C=O) groups excluding carboxylic acids is 3. The molecule has 12 heteroatoms. The predicted octanol–water partition coefficient (Wildman–Crippen LogP) is 5.23. The number of carbonyl (C=O) groups is 3. The van der Waals surface area contributed by atoms with Crippen molar-refractivity contribution in [2.75, 3.05) is 26.2 Å².